The predicted molar refractivity (Wildman–Crippen MR) is 165 cm³/mol. The molecule has 0 fully saturated rings. The Labute approximate surface area is 267 Å². The van der Waals surface area contributed by atoms with Gasteiger partial charge in [0.25, 0.3) is 5.69 Å². The number of nitrogens with zero attached hydrogens (tertiary/aromatic N) is 3. The first-order valence-corrected chi connectivity index (χ1v) is 13.9. The van der Waals surface area contributed by atoms with E-state index in [-0.39, 0.29) is 36.0 Å². The van der Waals surface area contributed by atoms with Crippen molar-refractivity contribution in [1.82, 2.24) is 16.1 Å². The number of nitro benzene ring substituents is 2. The lowest BCUT2D eigenvalue weighted by Crippen LogP contribution is -2.45. The van der Waals surface area contributed by atoms with E-state index in [1.54, 1.807) is 44.2 Å². The van der Waals surface area contributed by atoms with Gasteiger partial charge in [0.15, 0.2) is 17.7 Å². The first-order chi connectivity index (χ1) is 22.5. The van der Waals surface area contributed by atoms with Crippen LogP contribution in [0.3, 0.4) is 0 Å². The van der Waals surface area contributed by atoms with Crippen LogP contribution in [0.5, 0.6) is 23.0 Å². The summed E-state index contributed by atoms with van der Waals surface area (Å²) in [5.41, 5.74) is 3.12. The predicted octanol–water partition coefficient (Wildman–Crippen LogP) is 3.82. The van der Waals surface area contributed by atoms with Gasteiger partial charge in [-0.15, -0.1) is 0 Å². The van der Waals surface area contributed by atoms with Crippen LogP contribution >= 0.6 is 0 Å². The maximum atomic E-state index is 12.4. The van der Waals surface area contributed by atoms with Crippen LogP contribution in [0.25, 0.3) is 0 Å². The van der Waals surface area contributed by atoms with Crippen LogP contribution in [0.4, 0.5) is 16.2 Å². The molecule has 0 saturated heterocycles. The van der Waals surface area contributed by atoms with Crippen molar-refractivity contribution in [2.24, 2.45) is 5.10 Å². The summed E-state index contributed by atoms with van der Waals surface area (Å²) in [5.74, 6) is -0.00157. The molecule has 4 rings (SSSR count). The molecule has 0 unspecified atom stereocenters. The molecule has 17 nitrogen and oxygen atoms in total. The number of urea groups is 1. The second-order valence-corrected chi connectivity index (χ2v) is 9.76. The van der Waals surface area contributed by atoms with E-state index in [9.17, 15) is 34.9 Å². The Kier molecular flexibility index (Phi) is 10.9. The maximum Gasteiger partial charge on any atom is 0.337 e. The molecule has 0 radical (unpaired) electrons. The monoisotopic (exact) mass is 650 g/mol. The Bertz CT molecular complexity index is 1740. The number of benzene rings is 3. The molecule has 0 aromatic heterocycles. The topological polar surface area (TPSA) is 226 Å². The highest BCUT2D eigenvalue weighted by Crippen LogP contribution is 2.36. The summed E-state index contributed by atoms with van der Waals surface area (Å²) in [7, 11) is 1.24. The highest BCUT2D eigenvalue weighted by Gasteiger charge is 2.32. The second kappa shape index (κ2) is 15.2. The van der Waals surface area contributed by atoms with E-state index in [0.717, 1.165) is 18.2 Å². The average molecular weight is 651 g/mol. The minimum absolute atomic E-state index is 0.184. The molecule has 0 saturated carbocycles. The summed E-state index contributed by atoms with van der Waals surface area (Å²) in [6.45, 7) is 3.39. The van der Waals surface area contributed by atoms with Crippen LogP contribution in [0, 0.1) is 20.2 Å². The van der Waals surface area contributed by atoms with Crippen molar-refractivity contribution >= 4 is 29.6 Å². The molecule has 1 aliphatic heterocycles. The number of aliphatic hydroxyl groups excluding tert-OH is 1. The molecule has 0 bridgehead atoms. The number of aliphatic hydroxyl groups is 1. The highest BCUT2D eigenvalue weighted by atomic mass is 16.6. The van der Waals surface area contributed by atoms with Crippen molar-refractivity contribution in [3.05, 3.63) is 103 Å². The van der Waals surface area contributed by atoms with Crippen LogP contribution in [0.1, 0.15) is 31.0 Å². The Morgan fingerprint density at radius 2 is 1.83 bits per heavy atom. The molecule has 0 spiro atoms. The van der Waals surface area contributed by atoms with Crippen LogP contribution in [-0.4, -0.2) is 59.7 Å². The Hall–Kier alpha value is -6.23. The minimum Gasteiger partial charge on any atom is -0.490 e. The van der Waals surface area contributed by atoms with E-state index in [4.69, 9.17) is 18.9 Å². The Morgan fingerprint density at radius 3 is 2.53 bits per heavy atom. The number of methoxy groups -OCH3 is 1. The summed E-state index contributed by atoms with van der Waals surface area (Å²) in [6.07, 6.45) is 0.102. The van der Waals surface area contributed by atoms with Gasteiger partial charge in [-0.05, 0) is 55.3 Å². The van der Waals surface area contributed by atoms with Crippen molar-refractivity contribution < 1.29 is 43.5 Å². The highest BCUT2D eigenvalue weighted by molar-refractivity contribution is 5.95. The van der Waals surface area contributed by atoms with Crippen molar-refractivity contribution in [2.75, 3.05) is 20.3 Å². The van der Waals surface area contributed by atoms with Crippen LogP contribution in [-0.2, 0) is 9.53 Å². The summed E-state index contributed by atoms with van der Waals surface area (Å²) >= 11 is 0. The summed E-state index contributed by atoms with van der Waals surface area (Å²) < 4.78 is 21.9. The normalized spacial score (nSPS) is 14.9. The molecule has 47 heavy (non-hydrogen) atoms. The van der Waals surface area contributed by atoms with E-state index in [2.05, 4.69) is 21.2 Å². The number of esters is 1. The summed E-state index contributed by atoms with van der Waals surface area (Å²) in [5, 5.41) is 42.0. The van der Waals surface area contributed by atoms with Crippen molar-refractivity contribution in [2.45, 2.75) is 26.1 Å². The standard InChI is InChI=1S/C30H30N6O11/c1-4-45-25-13-19(28-27(29(38)44-3)17(2)32-30(39)33-28)8-10-24(25)46-16-26(37)34-31-15-18-6-5-7-21(12-18)47-23-11-9-20(35(40)41)14-22(23)36(42)43/h5-15,26,28,34,37H,4,16H2,1-3H3,(H2,32,33,39)/b31-15+/t26-,28-/m1/s1. The molecule has 3 aromatic rings. The lowest BCUT2D eigenvalue weighted by molar-refractivity contribution is -0.394. The number of amides is 2. The lowest BCUT2D eigenvalue weighted by Gasteiger charge is -2.28. The van der Waals surface area contributed by atoms with Gasteiger partial charge >= 0.3 is 17.7 Å². The number of hydrogen-bond acceptors (Lipinski definition) is 13. The number of hydrazone groups is 1. The van der Waals surface area contributed by atoms with E-state index < -0.39 is 45.5 Å². The third-order valence-electron chi connectivity index (χ3n) is 6.55. The first-order valence-electron chi connectivity index (χ1n) is 13.9. The SMILES string of the molecule is CCOc1cc([C@H]2NC(=O)NC(C)=C2C(=O)OC)ccc1OC[C@@H](O)N/N=C/c1cccc(Oc2ccc([N+](=O)[O-])cc2[N+](=O)[O-])c1. The van der Waals surface area contributed by atoms with Gasteiger partial charge in [-0.2, -0.15) is 5.10 Å². The number of allylic oxidation sites excluding steroid dienone is 1. The molecule has 2 atom stereocenters. The molecular weight excluding hydrogens is 620 g/mol. The zero-order chi connectivity index (χ0) is 34.1. The largest absolute Gasteiger partial charge is 0.490 e. The van der Waals surface area contributed by atoms with E-state index in [1.807, 2.05) is 0 Å². The fraction of sp³-hybridized carbons (Fsp3) is 0.233. The molecule has 0 aliphatic carbocycles. The minimum atomic E-state index is -1.26. The van der Waals surface area contributed by atoms with Gasteiger partial charge in [0, 0.05) is 11.8 Å². The fourth-order valence-electron chi connectivity index (χ4n) is 4.45. The van der Waals surface area contributed by atoms with E-state index in [0.29, 0.717) is 22.6 Å². The van der Waals surface area contributed by atoms with E-state index in [1.165, 1.54) is 25.5 Å². The smallest absolute Gasteiger partial charge is 0.337 e. The van der Waals surface area contributed by atoms with Crippen molar-refractivity contribution in [1.29, 1.82) is 0 Å². The molecular formula is C30H30N6O11. The number of rotatable bonds is 14. The molecule has 17 heteroatoms. The van der Waals surface area contributed by atoms with Gasteiger partial charge in [-0.25, -0.2) is 9.59 Å². The van der Waals surface area contributed by atoms with Gasteiger partial charge in [-0.3, -0.25) is 25.7 Å². The first kappa shape index (κ1) is 33.7. The van der Waals surface area contributed by atoms with Crippen molar-refractivity contribution in [3.8, 4) is 23.0 Å². The zero-order valence-corrected chi connectivity index (χ0v) is 25.3. The number of nitrogens with one attached hydrogen (secondary N) is 3. The number of non-ortho nitro benzene ring substituents is 1. The molecule has 1 heterocycles. The van der Waals surface area contributed by atoms with Gasteiger partial charge in [-0.1, -0.05) is 18.2 Å². The van der Waals surface area contributed by atoms with Crippen LogP contribution in [0.15, 0.2) is 77.0 Å². The number of nitro groups is 2. The average Bonchev–Trinajstić information content (AvgIpc) is 3.03. The molecule has 2 amide bonds. The summed E-state index contributed by atoms with van der Waals surface area (Å²) in [6, 6.07) is 12.9. The Morgan fingerprint density at radius 1 is 1.06 bits per heavy atom. The Balaban J connectivity index is 1.40. The van der Waals surface area contributed by atoms with Crippen LogP contribution in [0.2, 0.25) is 0 Å². The van der Waals surface area contributed by atoms with Crippen molar-refractivity contribution in [3.63, 3.8) is 0 Å². The van der Waals surface area contributed by atoms with Gasteiger partial charge in [0.2, 0.25) is 5.75 Å². The second-order valence-electron chi connectivity index (χ2n) is 9.76. The third-order valence-corrected chi connectivity index (χ3v) is 6.55. The molecule has 3 aromatic carbocycles. The van der Waals surface area contributed by atoms with Gasteiger partial charge in [0.05, 0.1) is 47.5 Å². The van der Waals surface area contributed by atoms with Gasteiger partial charge < -0.3 is 34.7 Å². The number of ether oxygens (including phenoxy) is 4. The van der Waals surface area contributed by atoms with Gasteiger partial charge in [0.1, 0.15) is 12.4 Å². The molecule has 4 N–H and O–H groups in total. The summed E-state index contributed by atoms with van der Waals surface area (Å²) in [4.78, 5) is 45.4. The molecule has 1 aliphatic rings. The third kappa shape index (κ3) is 8.49. The van der Waals surface area contributed by atoms with Crippen LogP contribution < -0.4 is 30.3 Å². The quantitative estimate of drug-likeness (QED) is 0.0642. The number of carbonyl (C=O) groups is 2. The zero-order valence-electron chi connectivity index (χ0n) is 25.3. The van der Waals surface area contributed by atoms with E-state index >= 15 is 0 Å². The maximum absolute atomic E-state index is 12.4. The molecule has 246 valence electrons. The number of carbonyl (C=O) groups excluding carboxylic acids is 2. The lowest BCUT2D eigenvalue weighted by atomic mass is 9.95. The number of hydrogen-bond donors (Lipinski definition) is 4. The fourth-order valence-corrected chi connectivity index (χ4v) is 4.45.